The Morgan fingerprint density at radius 2 is 2.13 bits per heavy atom. The number of benzene rings is 1. The van der Waals surface area contributed by atoms with Gasteiger partial charge in [-0.05, 0) is 44.7 Å². The van der Waals surface area contributed by atoms with Crippen molar-refractivity contribution in [2.45, 2.75) is 44.8 Å². The predicted octanol–water partition coefficient (Wildman–Crippen LogP) is 1.98. The number of nitriles is 1. The summed E-state index contributed by atoms with van der Waals surface area (Å²) in [4.78, 5) is 11.6. The molecule has 0 radical (unpaired) electrons. The summed E-state index contributed by atoms with van der Waals surface area (Å²) in [6.07, 6.45) is 3.42. The van der Waals surface area contributed by atoms with Gasteiger partial charge in [0.1, 0.15) is 24.0 Å². The van der Waals surface area contributed by atoms with Crippen LogP contribution < -0.4 is 15.8 Å². The van der Waals surface area contributed by atoms with Crippen LogP contribution in [0.15, 0.2) is 18.2 Å². The molecule has 2 rings (SSSR count). The highest BCUT2D eigenvalue weighted by molar-refractivity contribution is 5.77. The maximum absolute atomic E-state index is 11.6. The van der Waals surface area contributed by atoms with Crippen molar-refractivity contribution in [1.82, 2.24) is 5.32 Å². The third kappa shape index (κ3) is 4.86. The zero-order valence-electron chi connectivity index (χ0n) is 13.4. The highest BCUT2D eigenvalue weighted by atomic mass is 16.5. The second kappa shape index (κ2) is 8.39. The van der Waals surface area contributed by atoms with E-state index in [0.29, 0.717) is 23.6 Å². The first-order valence-corrected chi connectivity index (χ1v) is 7.96. The molecule has 0 aromatic heterocycles. The molecule has 0 atom stereocenters. The zero-order valence-corrected chi connectivity index (χ0v) is 13.4. The smallest absolute Gasteiger partial charge is 0.246 e. The van der Waals surface area contributed by atoms with E-state index in [2.05, 4.69) is 11.4 Å². The third-order valence-electron chi connectivity index (χ3n) is 3.94. The van der Waals surface area contributed by atoms with Gasteiger partial charge in [-0.1, -0.05) is 6.07 Å². The molecule has 0 bridgehead atoms. The molecule has 0 spiro atoms. The van der Waals surface area contributed by atoms with Crippen LogP contribution in [0, 0.1) is 11.3 Å². The van der Waals surface area contributed by atoms with Crippen molar-refractivity contribution in [2.75, 3.05) is 18.9 Å². The van der Waals surface area contributed by atoms with Crippen LogP contribution in [0.5, 0.6) is 5.75 Å². The van der Waals surface area contributed by atoms with Crippen LogP contribution in [0.3, 0.4) is 0 Å². The molecule has 1 fully saturated rings. The Labute approximate surface area is 136 Å². The number of nitrogens with zero attached hydrogens (tertiary/aromatic N) is 1. The molecule has 0 unspecified atom stereocenters. The first-order valence-electron chi connectivity index (χ1n) is 7.96. The Kier molecular flexibility index (Phi) is 6.24. The fourth-order valence-electron chi connectivity index (χ4n) is 2.73. The van der Waals surface area contributed by atoms with Gasteiger partial charge < -0.3 is 20.5 Å². The van der Waals surface area contributed by atoms with E-state index in [1.807, 2.05) is 6.92 Å². The first kappa shape index (κ1) is 17.1. The molecule has 1 amide bonds. The van der Waals surface area contributed by atoms with Crippen molar-refractivity contribution < 1.29 is 14.3 Å². The fraction of sp³-hybridized carbons (Fsp3) is 0.529. The second-order valence-corrected chi connectivity index (χ2v) is 5.63. The van der Waals surface area contributed by atoms with E-state index in [9.17, 15) is 10.1 Å². The summed E-state index contributed by atoms with van der Waals surface area (Å²) >= 11 is 0. The van der Waals surface area contributed by atoms with Crippen molar-refractivity contribution in [2.24, 2.45) is 0 Å². The molecule has 1 saturated carbocycles. The predicted molar refractivity (Wildman–Crippen MR) is 86.9 cm³/mol. The summed E-state index contributed by atoms with van der Waals surface area (Å²) in [7, 11) is 0. The summed E-state index contributed by atoms with van der Waals surface area (Å²) < 4.78 is 11.0. The van der Waals surface area contributed by atoms with Crippen LogP contribution in [0.1, 0.15) is 38.2 Å². The molecule has 1 aromatic carbocycles. The minimum absolute atomic E-state index is 0.0453. The van der Waals surface area contributed by atoms with E-state index in [4.69, 9.17) is 15.2 Å². The molecule has 0 saturated heterocycles. The first-order chi connectivity index (χ1) is 11.1. The van der Waals surface area contributed by atoms with E-state index in [1.54, 1.807) is 18.2 Å². The van der Waals surface area contributed by atoms with Crippen LogP contribution in [0.25, 0.3) is 0 Å². The van der Waals surface area contributed by atoms with Crippen LogP contribution in [0.4, 0.5) is 5.69 Å². The Morgan fingerprint density at radius 1 is 1.39 bits per heavy atom. The van der Waals surface area contributed by atoms with Gasteiger partial charge in [0.15, 0.2) is 0 Å². The number of hydrogen-bond donors (Lipinski definition) is 2. The SMILES string of the molecule is CCOCC(=O)NC1CCC(Oc2cccc(N)c2C#N)CC1. The number of amides is 1. The van der Waals surface area contributed by atoms with Gasteiger partial charge in [-0.2, -0.15) is 5.26 Å². The van der Waals surface area contributed by atoms with Crippen LogP contribution in [-0.4, -0.2) is 31.3 Å². The molecule has 1 aliphatic rings. The number of nitrogens with two attached hydrogens (primary N) is 1. The quantitative estimate of drug-likeness (QED) is 0.782. The molecule has 0 aliphatic heterocycles. The number of hydrogen-bond acceptors (Lipinski definition) is 5. The summed E-state index contributed by atoms with van der Waals surface area (Å²) in [5.74, 6) is 0.468. The lowest BCUT2D eigenvalue weighted by molar-refractivity contribution is -0.126. The molecule has 23 heavy (non-hydrogen) atoms. The number of ether oxygens (including phenoxy) is 2. The molecule has 1 aliphatic carbocycles. The molecular formula is C17H23N3O3. The number of carbonyl (C=O) groups is 1. The normalized spacial score (nSPS) is 20.5. The molecule has 1 aromatic rings. The van der Waals surface area contributed by atoms with Gasteiger partial charge in [0.25, 0.3) is 0 Å². The fourth-order valence-corrected chi connectivity index (χ4v) is 2.73. The van der Waals surface area contributed by atoms with Gasteiger partial charge in [-0.3, -0.25) is 4.79 Å². The zero-order chi connectivity index (χ0) is 16.7. The summed E-state index contributed by atoms with van der Waals surface area (Å²) in [6.45, 7) is 2.51. The van der Waals surface area contributed by atoms with Crippen molar-refractivity contribution >= 4 is 11.6 Å². The standard InChI is InChI=1S/C17H23N3O3/c1-2-22-11-17(21)20-12-6-8-13(9-7-12)23-16-5-3-4-15(19)14(16)10-18/h3-5,12-13H,2,6-9,11,19H2,1H3,(H,20,21). The number of anilines is 1. The lowest BCUT2D eigenvalue weighted by atomic mass is 9.93. The monoisotopic (exact) mass is 317 g/mol. The Morgan fingerprint density at radius 3 is 2.78 bits per heavy atom. The summed E-state index contributed by atoms with van der Waals surface area (Å²) in [5, 5.41) is 12.1. The van der Waals surface area contributed by atoms with E-state index in [-0.39, 0.29) is 24.7 Å². The molecule has 6 heteroatoms. The second-order valence-electron chi connectivity index (χ2n) is 5.63. The maximum Gasteiger partial charge on any atom is 0.246 e. The number of rotatable bonds is 6. The van der Waals surface area contributed by atoms with Gasteiger partial charge in [0.2, 0.25) is 5.91 Å². The minimum Gasteiger partial charge on any atom is -0.489 e. The van der Waals surface area contributed by atoms with Gasteiger partial charge in [-0.15, -0.1) is 0 Å². The van der Waals surface area contributed by atoms with Crippen molar-refractivity contribution in [3.8, 4) is 11.8 Å². The number of carbonyl (C=O) groups excluding carboxylic acids is 1. The van der Waals surface area contributed by atoms with E-state index < -0.39 is 0 Å². The van der Waals surface area contributed by atoms with E-state index in [1.165, 1.54) is 0 Å². The largest absolute Gasteiger partial charge is 0.489 e. The number of nitrogen functional groups attached to an aromatic ring is 1. The molecule has 0 heterocycles. The maximum atomic E-state index is 11.6. The third-order valence-corrected chi connectivity index (χ3v) is 3.94. The average Bonchev–Trinajstić information content (AvgIpc) is 2.55. The Hall–Kier alpha value is -2.26. The lowest BCUT2D eigenvalue weighted by Gasteiger charge is -2.29. The van der Waals surface area contributed by atoms with Crippen LogP contribution >= 0.6 is 0 Å². The van der Waals surface area contributed by atoms with Crippen molar-refractivity contribution in [1.29, 1.82) is 5.26 Å². The molecule has 3 N–H and O–H groups in total. The summed E-state index contributed by atoms with van der Waals surface area (Å²) in [5.41, 5.74) is 6.61. The summed E-state index contributed by atoms with van der Waals surface area (Å²) in [6, 6.07) is 7.50. The Bertz CT molecular complexity index is 575. The highest BCUT2D eigenvalue weighted by Crippen LogP contribution is 2.28. The van der Waals surface area contributed by atoms with Crippen molar-refractivity contribution in [3.05, 3.63) is 23.8 Å². The average molecular weight is 317 g/mol. The van der Waals surface area contributed by atoms with Crippen LogP contribution in [0.2, 0.25) is 0 Å². The van der Waals surface area contributed by atoms with Gasteiger partial charge >= 0.3 is 0 Å². The molecule has 124 valence electrons. The van der Waals surface area contributed by atoms with Crippen LogP contribution in [-0.2, 0) is 9.53 Å². The van der Waals surface area contributed by atoms with Gasteiger partial charge in [-0.25, -0.2) is 0 Å². The topological polar surface area (TPSA) is 97.4 Å². The highest BCUT2D eigenvalue weighted by Gasteiger charge is 2.24. The van der Waals surface area contributed by atoms with Gasteiger partial charge in [0.05, 0.1) is 11.8 Å². The molecule has 6 nitrogen and oxygen atoms in total. The Balaban J connectivity index is 1.83. The van der Waals surface area contributed by atoms with Crippen molar-refractivity contribution in [3.63, 3.8) is 0 Å². The number of nitrogens with one attached hydrogen (secondary N) is 1. The lowest BCUT2D eigenvalue weighted by Crippen LogP contribution is -2.41. The minimum atomic E-state index is -0.0705. The van der Waals surface area contributed by atoms with Gasteiger partial charge in [0, 0.05) is 12.6 Å². The van der Waals surface area contributed by atoms with E-state index >= 15 is 0 Å². The molecular weight excluding hydrogens is 294 g/mol. The van der Waals surface area contributed by atoms with E-state index in [0.717, 1.165) is 25.7 Å².